The number of nitrogens with one attached hydrogen (secondary N) is 1. The zero-order valence-corrected chi connectivity index (χ0v) is 12.4. The van der Waals surface area contributed by atoms with Crippen molar-refractivity contribution >= 4 is 21.8 Å². The summed E-state index contributed by atoms with van der Waals surface area (Å²) in [4.78, 5) is 11.1. The van der Waals surface area contributed by atoms with Gasteiger partial charge in [-0.15, -0.1) is 0 Å². The van der Waals surface area contributed by atoms with Crippen molar-refractivity contribution in [3.63, 3.8) is 0 Å². The number of piperidine rings is 1. The first-order valence-corrected chi connectivity index (χ1v) is 7.41. The van der Waals surface area contributed by atoms with Crippen LogP contribution < -0.4 is 15.8 Å². The average molecular weight is 327 g/mol. The minimum atomic E-state index is -0.440. The molecule has 0 bridgehead atoms. The summed E-state index contributed by atoms with van der Waals surface area (Å²) in [6, 6.07) is 5.82. The molecule has 1 amide bonds. The van der Waals surface area contributed by atoms with Crippen LogP contribution in [0.1, 0.15) is 36.0 Å². The van der Waals surface area contributed by atoms with E-state index in [0.29, 0.717) is 22.7 Å². The second kappa shape index (κ2) is 6.91. The number of carbonyl (C=O) groups is 1. The van der Waals surface area contributed by atoms with Gasteiger partial charge in [-0.05, 0) is 59.9 Å². The monoisotopic (exact) mass is 326 g/mol. The van der Waals surface area contributed by atoms with Crippen molar-refractivity contribution in [1.82, 2.24) is 5.32 Å². The molecule has 0 saturated carbocycles. The number of amides is 1. The van der Waals surface area contributed by atoms with E-state index < -0.39 is 5.91 Å². The first-order chi connectivity index (χ1) is 9.16. The van der Waals surface area contributed by atoms with E-state index in [0.717, 1.165) is 18.7 Å². The van der Waals surface area contributed by atoms with Gasteiger partial charge in [0.15, 0.2) is 0 Å². The van der Waals surface area contributed by atoms with E-state index in [1.165, 1.54) is 19.3 Å². The molecule has 1 atom stereocenters. The molecule has 19 heavy (non-hydrogen) atoms. The molecule has 1 aromatic rings. The molecule has 2 rings (SSSR count). The Morgan fingerprint density at radius 2 is 2.32 bits per heavy atom. The smallest absolute Gasteiger partial charge is 0.249 e. The van der Waals surface area contributed by atoms with Crippen LogP contribution in [0.15, 0.2) is 22.7 Å². The quantitative estimate of drug-likeness (QED) is 0.873. The van der Waals surface area contributed by atoms with Gasteiger partial charge in [0, 0.05) is 10.5 Å². The Labute approximate surface area is 121 Å². The number of primary amides is 1. The zero-order chi connectivity index (χ0) is 13.7. The van der Waals surface area contributed by atoms with Crippen LogP contribution in [-0.2, 0) is 0 Å². The third kappa shape index (κ3) is 4.21. The topological polar surface area (TPSA) is 64.4 Å². The Bertz CT molecular complexity index is 445. The molecule has 0 aliphatic carbocycles. The highest BCUT2D eigenvalue weighted by Gasteiger charge is 2.12. The van der Waals surface area contributed by atoms with Gasteiger partial charge >= 0.3 is 0 Å². The number of nitrogens with two attached hydrogens (primary N) is 1. The van der Waals surface area contributed by atoms with Crippen LogP contribution in [0.5, 0.6) is 5.75 Å². The van der Waals surface area contributed by atoms with Crippen molar-refractivity contribution in [2.24, 2.45) is 5.73 Å². The van der Waals surface area contributed by atoms with Crippen LogP contribution in [0.25, 0.3) is 0 Å². The van der Waals surface area contributed by atoms with Crippen LogP contribution in [0.4, 0.5) is 0 Å². The van der Waals surface area contributed by atoms with Crippen molar-refractivity contribution in [1.29, 1.82) is 0 Å². The summed E-state index contributed by atoms with van der Waals surface area (Å²) in [5, 5.41) is 3.49. The number of ether oxygens (including phenoxy) is 1. The molecule has 0 radical (unpaired) electrons. The lowest BCUT2D eigenvalue weighted by Crippen LogP contribution is -2.35. The third-order valence-electron chi connectivity index (χ3n) is 3.35. The molecular formula is C14H19BrN2O2. The van der Waals surface area contributed by atoms with Crippen LogP contribution >= 0.6 is 15.9 Å². The first kappa shape index (κ1) is 14.3. The van der Waals surface area contributed by atoms with E-state index in [-0.39, 0.29) is 0 Å². The SMILES string of the molecule is NC(=O)c1ccc(OCCC2CCCCN2)cc1Br. The van der Waals surface area contributed by atoms with E-state index in [1.807, 2.05) is 0 Å². The fraction of sp³-hybridized carbons (Fsp3) is 0.500. The molecule has 1 unspecified atom stereocenters. The first-order valence-electron chi connectivity index (χ1n) is 6.62. The molecule has 1 aliphatic heterocycles. The fourth-order valence-corrected chi connectivity index (χ4v) is 2.83. The summed E-state index contributed by atoms with van der Waals surface area (Å²) >= 11 is 3.32. The molecule has 1 heterocycles. The lowest BCUT2D eigenvalue weighted by molar-refractivity contribution is 0.0999. The van der Waals surface area contributed by atoms with E-state index >= 15 is 0 Å². The van der Waals surface area contributed by atoms with Crippen LogP contribution in [-0.4, -0.2) is 25.1 Å². The van der Waals surface area contributed by atoms with Gasteiger partial charge in [-0.2, -0.15) is 0 Å². The van der Waals surface area contributed by atoms with Crippen LogP contribution in [0.3, 0.4) is 0 Å². The van der Waals surface area contributed by atoms with Crippen molar-refractivity contribution in [2.45, 2.75) is 31.7 Å². The van der Waals surface area contributed by atoms with Gasteiger partial charge in [0.05, 0.1) is 12.2 Å². The second-order valence-corrected chi connectivity index (χ2v) is 5.64. The largest absolute Gasteiger partial charge is 0.493 e. The number of rotatable bonds is 5. The maximum atomic E-state index is 11.1. The summed E-state index contributed by atoms with van der Waals surface area (Å²) < 4.78 is 6.38. The van der Waals surface area contributed by atoms with Crippen molar-refractivity contribution in [2.75, 3.05) is 13.2 Å². The fourth-order valence-electron chi connectivity index (χ4n) is 2.27. The van der Waals surface area contributed by atoms with E-state index in [1.54, 1.807) is 18.2 Å². The van der Waals surface area contributed by atoms with Gasteiger partial charge in [0.25, 0.3) is 0 Å². The molecular weight excluding hydrogens is 308 g/mol. The maximum Gasteiger partial charge on any atom is 0.249 e. The van der Waals surface area contributed by atoms with Gasteiger partial charge in [-0.3, -0.25) is 4.79 Å². The lowest BCUT2D eigenvalue weighted by Gasteiger charge is -2.23. The summed E-state index contributed by atoms with van der Waals surface area (Å²) in [5.74, 6) is 0.317. The van der Waals surface area contributed by atoms with Crippen LogP contribution in [0.2, 0.25) is 0 Å². The third-order valence-corrected chi connectivity index (χ3v) is 4.01. The maximum absolute atomic E-state index is 11.1. The molecule has 3 N–H and O–H groups in total. The molecule has 0 aromatic heterocycles. The Hall–Kier alpha value is -1.07. The van der Waals surface area contributed by atoms with E-state index in [9.17, 15) is 4.79 Å². The van der Waals surface area contributed by atoms with Gasteiger partial charge < -0.3 is 15.8 Å². The Morgan fingerprint density at radius 3 is 2.95 bits per heavy atom. The molecule has 104 valence electrons. The summed E-state index contributed by atoms with van der Waals surface area (Å²) in [6.07, 6.45) is 4.82. The molecule has 1 aliphatic rings. The average Bonchev–Trinajstić information content (AvgIpc) is 2.39. The highest BCUT2D eigenvalue weighted by atomic mass is 79.9. The van der Waals surface area contributed by atoms with Gasteiger partial charge in [-0.25, -0.2) is 0 Å². The Kier molecular flexibility index (Phi) is 5.22. The molecule has 4 nitrogen and oxygen atoms in total. The zero-order valence-electron chi connectivity index (χ0n) is 10.8. The molecule has 1 aromatic carbocycles. The van der Waals surface area contributed by atoms with Crippen molar-refractivity contribution in [3.05, 3.63) is 28.2 Å². The highest BCUT2D eigenvalue weighted by molar-refractivity contribution is 9.10. The molecule has 1 saturated heterocycles. The minimum absolute atomic E-state index is 0.440. The number of benzene rings is 1. The van der Waals surface area contributed by atoms with E-state index in [4.69, 9.17) is 10.5 Å². The second-order valence-electron chi connectivity index (χ2n) is 4.79. The summed E-state index contributed by atoms with van der Waals surface area (Å²) in [7, 11) is 0. The number of hydrogen-bond acceptors (Lipinski definition) is 3. The van der Waals surface area contributed by atoms with Crippen molar-refractivity contribution in [3.8, 4) is 5.75 Å². The number of hydrogen-bond donors (Lipinski definition) is 2. The predicted molar refractivity (Wildman–Crippen MR) is 78.4 cm³/mol. The molecule has 1 fully saturated rings. The van der Waals surface area contributed by atoms with Gasteiger partial charge in [0.1, 0.15) is 5.75 Å². The number of halogens is 1. The molecule has 0 spiro atoms. The lowest BCUT2D eigenvalue weighted by atomic mass is 10.0. The van der Waals surface area contributed by atoms with Gasteiger partial charge in [-0.1, -0.05) is 6.42 Å². The summed E-state index contributed by atoms with van der Waals surface area (Å²) in [6.45, 7) is 1.80. The highest BCUT2D eigenvalue weighted by Crippen LogP contribution is 2.23. The molecule has 5 heteroatoms. The summed E-state index contributed by atoms with van der Waals surface area (Å²) in [5.41, 5.74) is 5.72. The van der Waals surface area contributed by atoms with Crippen molar-refractivity contribution < 1.29 is 9.53 Å². The van der Waals surface area contributed by atoms with Crippen LogP contribution in [0, 0.1) is 0 Å². The van der Waals surface area contributed by atoms with E-state index in [2.05, 4.69) is 21.2 Å². The number of carbonyl (C=O) groups excluding carboxylic acids is 1. The normalized spacial score (nSPS) is 19.1. The Balaban J connectivity index is 1.82. The minimum Gasteiger partial charge on any atom is -0.493 e. The Morgan fingerprint density at radius 1 is 1.47 bits per heavy atom. The standard InChI is InChI=1S/C14H19BrN2O2/c15-13-9-11(4-5-12(13)14(16)18)19-8-6-10-3-1-2-7-17-10/h4-5,9-10,17H,1-3,6-8H2,(H2,16,18). The van der Waals surface area contributed by atoms with Gasteiger partial charge in [0.2, 0.25) is 5.91 Å². The predicted octanol–water partition coefficient (Wildman–Crippen LogP) is 2.46.